The maximum atomic E-state index is 8.76. The predicted octanol–water partition coefficient (Wildman–Crippen LogP) is -0.138. The minimum atomic E-state index is -0.236. The van der Waals surface area contributed by atoms with E-state index >= 15 is 0 Å². The van der Waals surface area contributed by atoms with Crippen molar-refractivity contribution in [3.05, 3.63) is 0 Å². The first-order valence-corrected chi connectivity index (χ1v) is 4.80. The topological polar surface area (TPSA) is 55.5 Å². The van der Waals surface area contributed by atoms with Crippen molar-refractivity contribution in [1.82, 2.24) is 0 Å². The maximum Gasteiger partial charge on any atom is 0.143 e. The third kappa shape index (κ3) is 8.28. The number of aliphatic hydroxyl groups excluding tert-OH is 1. The van der Waals surface area contributed by atoms with E-state index in [1.165, 1.54) is 0 Å². The smallest absolute Gasteiger partial charge is 0.143 e. The molecule has 0 radical (unpaired) electrons. The van der Waals surface area contributed by atoms with Crippen molar-refractivity contribution in [2.45, 2.75) is 44.7 Å². The van der Waals surface area contributed by atoms with Gasteiger partial charge in [0.05, 0.1) is 0 Å². The van der Waals surface area contributed by atoms with E-state index in [0.717, 1.165) is 6.42 Å². The first-order chi connectivity index (χ1) is 5.77. The van der Waals surface area contributed by atoms with Crippen molar-refractivity contribution in [1.29, 1.82) is 0 Å². The molecule has 0 saturated carbocycles. The summed E-state index contributed by atoms with van der Waals surface area (Å²) in [4.78, 5) is 0. The molecule has 0 aromatic rings. The zero-order valence-corrected chi connectivity index (χ0v) is 9.26. The summed E-state index contributed by atoms with van der Waals surface area (Å²) in [6, 6.07) is 0. The van der Waals surface area contributed by atoms with Crippen LogP contribution in [0.1, 0.15) is 33.6 Å². The normalized spacial score (nSPS) is 17.0. The lowest BCUT2D eigenvalue weighted by atomic mass is 9.80. The molecule has 0 aliphatic carbocycles. The summed E-state index contributed by atoms with van der Waals surface area (Å²) in [6.45, 7) is 6.76. The van der Waals surface area contributed by atoms with Gasteiger partial charge in [0.25, 0.3) is 0 Å². The van der Waals surface area contributed by atoms with Gasteiger partial charge >= 0.3 is 0 Å². The fourth-order valence-electron chi connectivity index (χ4n) is 0.932. The van der Waals surface area contributed by atoms with Crippen molar-refractivity contribution in [2.75, 3.05) is 13.2 Å². The van der Waals surface area contributed by atoms with Crippen molar-refractivity contribution in [2.24, 2.45) is 5.73 Å². The monoisotopic (exact) mass is 187 g/mol. The van der Waals surface area contributed by atoms with Crippen LogP contribution in [0.15, 0.2) is 0 Å². The highest BCUT2D eigenvalue weighted by molar-refractivity contribution is 6.14. The molecule has 4 heteroatoms. The lowest BCUT2D eigenvalue weighted by molar-refractivity contribution is 0.00823. The summed E-state index contributed by atoms with van der Waals surface area (Å²) in [5, 5.41) is 8.76. The number of aliphatic hydroxyl groups is 1. The van der Waals surface area contributed by atoms with Gasteiger partial charge < -0.3 is 15.6 Å². The minimum absolute atomic E-state index is 0.166. The third-order valence-corrected chi connectivity index (χ3v) is 1.95. The molecule has 13 heavy (non-hydrogen) atoms. The van der Waals surface area contributed by atoms with Crippen molar-refractivity contribution in [3.63, 3.8) is 0 Å². The first-order valence-electron chi connectivity index (χ1n) is 4.80. The molecule has 1 atom stereocenters. The van der Waals surface area contributed by atoms with E-state index in [-0.39, 0.29) is 17.6 Å². The average molecular weight is 187 g/mol. The summed E-state index contributed by atoms with van der Waals surface area (Å²) in [5.41, 5.74) is 5.40. The molecule has 1 unspecified atom stereocenters. The molecule has 78 valence electrons. The second-order valence-electron chi connectivity index (χ2n) is 4.82. The fraction of sp³-hybridized carbons (Fsp3) is 1.00. The quantitative estimate of drug-likeness (QED) is 0.569. The van der Waals surface area contributed by atoms with Gasteiger partial charge in [-0.25, -0.2) is 0 Å². The van der Waals surface area contributed by atoms with Crippen LogP contribution in [0.3, 0.4) is 0 Å². The fourth-order valence-corrected chi connectivity index (χ4v) is 0.932. The van der Waals surface area contributed by atoms with Gasteiger partial charge in [-0.05, 0) is 33.6 Å². The Balaban J connectivity index is 3.63. The van der Waals surface area contributed by atoms with Crippen LogP contribution in [0.4, 0.5) is 0 Å². The molecular weight excluding hydrogens is 165 g/mol. The van der Waals surface area contributed by atoms with Crippen LogP contribution in [-0.4, -0.2) is 37.2 Å². The van der Waals surface area contributed by atoms with Gasteiger partial charge in [0, 0.05) is 24.3 Å². The molecule has 3 N–H and O–H groups in total. The Morgan fingerprint density at radius 2 is 1.85 bits per heavy atom. The molecule has 0 aromatic heterocycles. The molecule has 0 bridgehead atoms. The Morgan fingerprint density at radius 1 is 1.31 bits per heavy atom. The van der Waals surface area contributed by atoms with Crippen molar-refractivity contribution >= 4 is 7.85 Å². The molecule has 0 fully saturated rings. The summed E-state index contributed by atoms with van der Waals surface area (Å²) in [7, 11) is 1.98. The molecule has 0 rings (SSSR count). The highest BCUT2D eigenvalue weighted by Crippen LogP contribution is 2.12. The average Bonchev–Trinajstić information content (AvgIpc) is 1.82. The molecule has 0 amide bonds. The van der Waals surface area contributed by atoms with Crippen molar-refractivity contribution < 1.29 is 9.84 Å². The Hall–Kier alpha value is -0.0551. The molecule has 0 aliphatic heterocycles. The van der Waals surface area contributed by atoms with Gasteiger partial charge in [-0.1, -0.05) is 0 Å². The van der Waals surface area contributed by atoms with Gasteiger partial charge in [0.1, 0.15) is 7.85 Å². The standard InChI is InChI=1S/C9H22BNO2/c1-8(2,11)5-7-13-9(3,10)4-6-12/h12H,4-7,10-11H2,1-3H3. The number of nitrogens with two attached hydrogens (primary N) is 1. The summed E-state index contributed by atoms with van der Waals surface area (Å²) in [5.74, 6) is 0. The SMILES string of the molecule is BC(C)(CCO)OCCC(C)(C)N. The minimum Gasteiger partial charge on any atom is -0.396 e. The largest absolute Gasteiger partial charge is 0.396 e. The van der Waals surface area contributed by atoms with E-state index in [0.29, 0.717) is 13.0 Å². The van der Waals surface area contributed by atoms with E-state index in [1.54, 1.807) is 0 Å². The van der Waals surface area contributed by atoms with Crippen LogP contribution in [-0.2, 0) is 4.74 Å². The van der Waals surface area contributed by atoms with Gasteiger partial charge in [0.15, 0.2) is 0 Å². The number of ether oxygens (including phenoxy) is 1. The van der Waals surface area contributed by atoms with Crippen LogP contribution in [0.2, 0.25) is 0 Å². The molecule has 0 heterocycles. The van der Waals surface area contributed by atoms with Crippen molar-refractivity contribution in [3.8, 4) is 0 Å². The number of rotatable bonds is 6. The van der Waals surface area contributed by atoms with Gasteiger partial charge in [-0.2, -0.15) is 0 Å². The van der Waals surface area contributed by atoms with Gasteiger partial charge in [-0.15, -0.1) is 0 Å². The highest BCUT2D eigenvalue weighted by atomic mass is 16.5. The molecule has 3 nitrogen and oxygen atoms in total. The van der Waals surface area contributed by atoms with E-state index < -0.39 is 0 Å². The van der Waals surface area contributed by atoms with Crippen LogP contribution in [0.5, 0.6) is 0 Å². The highest BCUT2D eigenvalue weighted by Gasteiger charge is 2.19. The summed E-state index contributed by atoms with van der Waals surface area (Å²) >= 11 is 0. The van der Waals surface area contributed by atoms with Crippen LogP contribution in [0.25, 0.3) is 0 Å². The lowest BCUT2D eigenvalue weighted by Gasteiger charge is -2.27. The molecule has 0 saturated heterocycles. The Morgan fingerprint density at radius 3 is 2.23 bits per heavy atom. The lowest BCUT2D eigenvalue weighted by Crippen LogP contribution is -2.37. The maximum absolute atomic E-state index is 8.76. The van der Waals surface area contributed by atoms with Gasteiger partial charge in [0.2, 0.25) is 0 Å². The summed E-state index contributed by atoms with van der Waals surface area (Å²) in [6.07, 6.45) is 1.50. The Labute approximate surface area is 82.1 Å². The zero-order valence-electron chi connectivity index (χ0n) is 9.26. The van der Waals surface area contributed by atoms with E-state index in [4.69, 9.17) is 15.6 Å². The van der Waals surface area contributed by atoms with E-state index in [2.05, 4.69) is 0 Å². The molecular formula is C9H22BNO2. The molecule has 0 aromatic carbocycles. The van der Waals surface area contributed by atoms with Crippen LogP contribution in [0, 0.1) is 0 Å². The summed E-state index contributed by atoms with van der Waals surface area (Å²) < 4.78 is 5.61. The third-order valence-electron chi connectivity index (χ3n) is 1.95. The Kier molecular flexibility index (Phi) is 4.96. The second-order valence-corrected chi connectivity index (χ2v) is 4.82. The van der Waals surface area contributed by atoms with Crippen LogP contribution < -0.4 is 5.73 Å². The van der Waals surface area contributed by atoms with E-state index in [1.807, 2.05) is 28.6 Å². The molecule has 0 aliphatic rings. The first kappa shape index (κ1) is 12.9. The number of hydrogen-bond donors (Lipinski definition) is 2. The van der Waals surface area contributed by atoms with Crippen LogP contribution >= 0.6 is 0 Å². The number of hydrogen-bond acceptors (Lipinski definition) is 3. The van der Waals surface area contributed by atoms with E-state index in [9.17, 15) is 0 Å². The Bertz CT molecular complexity index is 143. The van der Waals surface area contributed by atoms with Gasteiger partial charge in [-0.3, -0.25) is 0 Å². The predicted molar refractivity (Wildman–Crippen MR) is 57.5 cm³/mol. The second kappa shape index (κ2) is 4.98. The zero-order chi connectivity index (χ0) is 10.5. The molecule has 0 spiro atoms.